The summed E-state index contributed by atoms with van der Waals surface area (Å²) in [6.45, 7) is 2.34. The van der Waals surface area contributed by atoms with Gasteiger partial charge < -0.3 is 4.74 Å². The lowest BCUT2D eigenvalue weighted by molar-refractivity contribution is 0.324. The minimum atomic E-state index is -0.352. The fourth-order valence-electron chi connectivity index (χ4n) is 1.53. The van der Waals surface area contributed by atoms with Crippen LogP contribution in [0.15, 0.2) is 59.6 Å². The normalized spacial score (nSPS) is 22.2. The number of nitrogens with zero attached hydrogens (tertiary/aromatic N) is 2. The molecule has 0 aromatic carbocycles. The monoisotopic (exact) mass is 242 g/mol. The van der Waals surface area contributed by atoms with E-state index in [0.717, 1.165) is 5.70 Å². The van der Waals surface area contributed by atoms with Gasteiger partial charge in [-0.2, -0.15) is 4.98 Å². The molecule has 0 aliphatic heterocycles. The van der Waals surface area contributed by atoms with E-state index in [4.69, 9.17) is 4.74 Å². The van der Waals surface area contributed by atoms with E-state index in [0.29, 0.717) is 12.5 Å². The standard InChI is InChI=1S/C14H14N2O2/c1-2-18-13-10-11-16(14(17)15-13)12-8-6-4-3-5-7-9-12/h3-11H,2H2,1H3/b4-3-,5-3?,6-4?,7-5-,8-6-,9-7?,12-8?,12-9+. The molecule has 1 aromatic heterocycles. The molecule has 0 saturated carbocycles. The predicted octanol–water partition coefficient (Wildman–Crippen LogP) is 2.17. The molecule has 1 aromatic rings. The highest BCUT2D eigenvalue weighted by Crippen LogP contribution is 2.08. The van der Waals surface area contributed by atoms with Gasteiger partial charge in [-0.25, -0.2) is 4.79 Å². The van der Waals surface area contributed by atoms with Gasteiger partial charge in [0, 0.05) is 12.3 Å². The summed E-state index contributed by atoms with van der Waals surface area (Å²) in [5, 5.41) is 0. The topological polar surface area (TPSA) is 44.1 Å². The lowest BCUT2D eigenvalue weighted by atomic mass is 10.2. The molecule has 0 atom stereocenters. The van der Waals surface area contributed by atoms with Crippen molar-refractivity contribution in [3.63, 3.8) is 0 Å². The maximum Gasteiger partial charge on any atom is 0.355 e. The van der Waals surface area contributed by atoms with Gasteiger partial charge in [-0.15, -0.1) is 0 Å². The first-order chi connectivity index (χ1) is 8.81. The molecule has 2 rings (SSSR count). The number of ether oxygens (including phenoxy) is 1. The molecular formula is C14H14N2O2. The minimum absolute atomic E-state index is 0.351. The predicted molar refractivity (Wildman–Crippen MR) is 71.4 cm³/mol. The third-order valence-corrected chi connectivity index (χ3v) is 2.33. The second-order valence-corrected chi connectivity index (χ2v) is 3.57. The van der Waals surface area contributed by atoms with Crippen molar-refractivity contribution in [1.29, 1.82) is 0 Å². The number of allylic oxidation sites excluding steroid dienone is 8. The van der Waals surface area contributed by atoms with E-state index in [9.17, 15) is 4.79 Å². The van der Waals surface area contributed by atoms with E-state index < -0.39 is 0 Å². The maximum absolute atomic E-state index is 11.9. The Labute approximate surface area is 105 Å². The third kappa shape index (κ3) is 2.85. The van der Waals surface area contributed by atoms with E-state index in [1.165, 1.54) is 4.57 Å². The molecule has 4 heteroatoms. The number of hydrogen-bond acceptors (Lipinski definition) is 3. The molecule has 18 heavy (non-hydrogen) atoms. The molecule has 0 bridgehead atoms. The molecule has 92 valence electrons. The van der Waals surface area contributed by atoms with E-state index in [1.54, 1.807) is 12.3 Å². The summed E-state index contributed by atoms with van der Waals surface area (Å²) in [4.78, 5) is 15.7. The zero-order chi connectivity index (χ0) is 12.8. The van der Waals surface area contributed by atoms with Crippen LogP contribution in [0.25, 0.3) is 5.70 Å². The van der Waals surface area contributed by atoms with Gasteiger partial charge in [0.1, 0.15) is 0 Å². The molecule has 0 unspecified atom stereocenters. The minimum Gasteiger partial charge on any atom is -0.478 e. The van der Waals surface area contributed by atoms with Crippen molar-refractivity contribution in [2.75, 3.05) is 6.61 Å². The number of hydrogen-bond donors (Lipinski definition) is 0. The zero-order valence-corrected chi connectivity index (χ0v) is 10.1. The maximum atomic E-state index is 11.9. The van der Waals surface area contributed by atoms with E-state index in [2.05, 4.69) is 4.98 Å². The Bertz CT molecular complexity index is 592. The van der Waals surface area contributed by atoms with Gasteiger partial charge in [0.05, 0.1) is 12.3 Å². The van der Waals surface area contributed by atoms with Crippen LogP contribution in [0, 0.1) is 0 Å². The Morgan fingerprint density at radius 1 is 1.22 bits per heavy atom. The molecule has 0 fully saturated rings. The van der Waals surface area contributed by atoms with Gasteiger partial charge in [-0.05, 0) is 19.1 Å². The van der Waals surface area contributed by atoms with Gasteiger partial charge in [-0.1, -0.05) is 30.4 Å². The molecule has 1 heterocycles. The average molecular weight is 242 g/mol. The van der Waals surface area contributed by atoms with Gasteiger partial charge in [0.25, 0.3) is 0 Å². The Morgan fingerprint density at radius 2 is 2.00 bits per heavy atom. The fraction of sp³-hybridized carbons (Fsp3) is 0.143. The van der Waals surface area contributed by atoms with Crippen LogP contribution in [0.2, 0.25) is 0 Å². The highest BCUT2D eigenvalue weighted by Gasteiger charge is 2.03. The summed E-state index contributed by atoms with van der Waals surface area (Å²) >= 11 is 0. The third-order valence-electron chi connectivity index (χ3n) is 2.33. The second kappa shape index (κ2) is 5.82. The molecule has 0 radical (unpaired) electrons. The highest BCUT2D eigenvalue weighted by atomic mass is 16.5. The first-order valence-electron chi connectivity index (χ1n) is 5.76. The van der Waals surface area contributed by atoms with Gasteiger partial charge in [0.2, 0.25) is 5.88 Å². The van der Waals surface area contributed by atoms with Crippen LogP contribution in [0.4, 0.5) is 0 Å². The van der Waals surface area contributed by atoms with Crippen LogP contribution in [0.3, 0.4) is 0 Å². The Balaban J connectivity index is 2.36. The lowest BCUT2D eigenvalue weighted by Crippen LogP contribution is -2.21. The van der Waals surface area contributed by atoms with Crippen molar-refractivity contribution < 1.29 is 4.74 Å². The van der Waals surface area contributed by atoms with E-state index in [1.807, 2.05) is 49.5 Å². The molecule has 0 amide bonds. The quantitative estimate of drug-likeness (QED) is 0.815. The van der Waals surface area contributed by atoms with Crippen LogP contribution >= 0.6 is 0 Å². The Hall–Kier alpha value is -2.36. The summed E-state index contributed by atoms with van der Waals surface area (Å²) in [6.07, 6.45) is 14.8. The van der Waals surface area contributed by atoms with Crippen molar-refractivity contribution in [1.82, 2.24) is 9.55 Å². The van der Waals surface area contributed by atoms with Crippen LogP contribution in [0.5, 0.6) is 5.88 Å². The van der Waals surface area contributed by atoms with E-state index in [-0.39, 0.29) is 5.69 Å². The summed E-state index contributed by atoms with van der Waals surface area (Å²) in [5.41, 5.74) is 0.408. The van der Waals surface area contributed by atoms with Crippen LogP contribution in [-0.2, 0) is 0 Å². The summed E-state index contributed by atoms with van der Waals surface area (Å²) in [6, 6.07) is 1.68. The number of rotatable bonds is 3. The smallest absolute Gasteiger partial charge is 0.355 e. The largest absolute Gasteiger partial charge is 0.478 e. The van der Waals surface area contributed by atoms with Crippen molar-refractivity contribution in [2.24, 2.45) is 0 Å². The first-order valence-corrected chi connectivity index (χ1v) is 5.76. The molecule has 0 spiro atoms. The zero-order valence-electron chi connectivity index (χ0n) is 10.1. The Kier molecular flexibility index (Phi) is 3.91. The van der Waals surface area contributed by atoms with E-state index >= 15 is 0 Å². The van der Waals surface area contributed by atoms with Crippen molar-refractivity contribution in [3.05, 3.63) is 65.3 Å². The molecule has 0 N–H and O–H groups in total. The summed E-state index contributed by atoms with van der Waals surface area (Å²) in [7, 11) is 0. The van der Waals surface area contributed by atoms with Gasteiger partial charge >= 0.3 is 5.69 Å². The van der Waals surface area contributed by atoms with Crippen LogP contribution in [-0.4, -0.2) is 16.2 Å². The summed E-state index contributed by atoms with van der Waals surface area (Å²) < 4.78 is 6.66. The number of aromatic nitrogens is 2. The lowest BCUT2D eigenvalue weighted by Gasteiger charge is -2.07. The molecular weight excluding hydrogens is 228 g/mol. The first kappa shape index (κ1) is 12.1. The fourth-order valence-corrected chi connectivity index (χ4v) is 1.53. The second-order valence-electron chi connectivity index (χ2n) is 3.57. The van der Waals surface area contributed by atoms with Crippen LogP contribution in [0.1, 0.15) is 6.92 Å². The van der Waals surface area contributed by atoms with Crippen LogP contribution < -0.4 is 10.4 Å². The highest BCUT2D eigenvalue weighted by molar-refractivity contribution is 5.60. The van der Waals surface area contributed by atoms with Gasteiger partial charge in [0.15, 0.2) is 0 Å². The molecule has 1 aliphatic carbocycles. The van der Waals surface area contributed by atoms with Crippen molar-refractivity contribution >= 4 is 5.70 Å². The van der Waals surface area contributed by atoms with Crippen molar-refractivity contribution in [3.8, 4) is 5.88 Å². The Morgan fingerprint density at radius 3 is 2.78 bits per heavy atom. The molecule has 4 nitrogen and oxygen atoms in total. The van der Waals surface area contributed by atoms with Gasteiger partial charge in [-0.3, -0.25) is 4.57 Å². The summed E-state index contributed by atoms with van der Waals surface area (Å²) in [5.74, 6) is 0.351. The SMILES string of the molecule is CCOc1ccn(C2=C/C=C\C=C/C=C\2)c(=O)n1. The van der Waals surface area contributed by atoms with Crippen molar-refractivity contribution in [2.45, 2.75) is 6.92 Å². The average Bonchev–Trinajstić information content (AvgIpc) is 2.30. The molecule has 0 saturated heterocycles. The molecule has 1 aliphatic rings.